The highest BCUT2D eigenvalue weighted by atomic mass is 16.5. The van der Waals surface area contributed by atoms with Crippen LogP contribution in [-0.4, -0.2) is 42.4 Å². The van der Waals surface area contributed by atoms with Crippen molar-refractivity contribution in [3.63, 3.8) is 0 Å². The van der Waals surface area contributed by atoms with Gasteiger partial charge in [-0.05, 0) is 35.9 Å². The Morgan fingerprint density at radius 3 is 2.62 bits per heavy atom. The van der Waals surface area contributed by atoms with Crippen molar-refractivity contribution in [2.24, 2.45) is 0 Å². The maximum atomic E-state index is 10.4. The van der Waals surface area contributed by atoms with Gasteiger partial charge in [-0.25, -0.2) is 0 Å². The van der Waals surface area contributed by atoms with Crippen molar-refractivity contribution in [1.82, 2.24) is 4.90 Å². The zero-order valence-electron chi connectivity index (χ0n) is 14.9. The lowest BCUT2D eigenvalue weighted by Crippen LogP contribution is -2.34. The van der Waals surface area contributed by atoms with Crippen molar-refractivity contribution < 1.29 is 9.84 Å². The topological polar surface area (TPSA) is 32.7 Å². The summed E-state index contributed by atoms with van der Waals surface area (Å²) in [6.45, 7) is 3.02. The predicted octanol–water partition coefficient (Wildman–Crippen LogP) is 4.07. The molecule has 0 spiro atoms. The number of benzene rings is 3. The zero-order valence-corrected chi connectivity index (χ0v) is 14.9. The summed E-state index contributed by atoms with van der Waals surface area (Å²) < 4.78 is 5.93. The van der Waals surface area contributed by atoms with Crippen LogP contribution in [0.2, 0.25) is 0 Å². The fraction of sp³-hybridized carbons (Fsp3) is 0.304. The summed E-state index contributed by atoms with van der Waals surface area (Å²) >= 11 is 0. The number of nitrogens with zero attached hydrogens (tertiary/aromatic N) is 1. The minimum absolute atomic E-state index is 0.320. The summed E-state index contributed by atoms with van der Waals surface area (Å²) in [6.07, 6.45) is 0.671. The predicted molar refractivity (Wildman–Crippen MR) is 106 cm³/mol. The molecule has 0 saturated carbocycles. The van der Waals surface area contributed by atoms with Crippen molar-refractivity contribution in [2.75, 3.05) is 26.2 Å². The maximum Gasteiger partial charge on any atom is 0.127 e. The highest BCUT2D eigenvalue weighted by Crippen LogP contribution is 2.27. The van der Waals surface area contributed by atoms with Crippen molar-refractivity contribution in [3.05, 3.63) is 78.4 Å². The molecule has 1 N–H and O–H groups in total. The Morgan fingerprint density at radius 1 is 0.962 bits per heavy atom. The van der Waals surface area contributed by atoms with Crippen molar-refractivity contribution in [3.8, 4) is 5.75 Å². The Hall–Kier alpha value is -2.36. The Kier molecular flexibility index (Phi) is 5.19. The second kappa shape index (κ2) is 7.90. The second-order valence-electron chi connectivity index (χ2n) is 7.10. The van der Waals surface area contributed by atoms with Crippen LogP contribution in [0, 0.1) is 0 Å². The normalized spacial score (nSPS) is 18.9. The van der Waals surface area contributed by atoms with Gasteiger partial charge in [-0.3, -0.25) is 0 Å². The van der Waals surface area contributed by atoms with Crippen LogP contribution >= 0.6 is 0 Å². The molecule has 0 unspecified atom stereocenters. The van der Waals surface area contributed by atoms with Gasteiger partial charge in [0.2, 0.25) is 0 Å². The van der Waals surface area contributed by atoms with Gasteiger partial charge in [0.1, 0.15) is 18.5 Å². The van der Waals surface area contributed by atoms with E-state index in [1.54, 1.807) is 0 Å². The molecule has 1 aliphatic rings. The van der Waals surface area contributed by atoms with E-state index in [2.05, 4.69) is 53.4 Å². The fourth-order valence-corrected chi connectivity index (χ4v) is 3.85. The molecular formula is C23H25NO2. The molecule has 0 radical (unpaired) electrons. The van der Waals surface area contributed by atoms with E-state index in [0.29, 0.717) is 19.1 Å². The van der Waals surface area contributed by atoms with E-state index in [0.717, 1.165) is 36.0 Å². The van der Waals surface area contributed by atoms with E-state index in [1.165, 1.54) is 5.56 Å². The van der Waals surface area contributed by atoms with Crippen LogP contribution < -0.4 is 4.74 Å². The molecule has 0 aliphatic carbocycles. The lowest BCUT2D eigenvalue weighted by Gasteiger charge is -2.21. The largest absolute Gasteiger partial charge is 0.490 e. The highest BCUT2D eigenvalue weighted by Gasteiger charge is 2.25. The molecule has 3 nitrogen and oxygen atoms in total. The summed E-state index contributed by atoms with van der Waals surface area (Å²) in [5, 5.41) is 12.7. The van der Waals surface area contributed by atoms with Gasteiger partial charge in [-0.2, -0.15) is 0 Å². The summed E-state index contributed by atoms with van der Waals surface area (Å²) in [5.74, 6) is 1.41. The average molecular weight is 347 g/mol. The van der Waals surface area contributed by atoms with Gasteiger partial charge < -0.3 is 14.7 Å². The van der Waals surface area contributed by atoms with Crippen LogP contribution in [0.3, 0.4) is 0 Å². The smallest absolute Gasteiger partial charge is 0.127 e. The molecule has 0 aromatic heterocycles. The van der Waals surface area contributed by atoms with Crippen molar-refractivity contribution in [2.45, 2.75) is 18.4 Å². The number of hydrogen-bond donors (Lipinski definition) is 1. The first-order valence-corrected chi connectivity index (χ1v) is 9.35. The second-order valence-corrected chi connectivity index (χ2v) is 7.10. The molecular weight excluding hydrogens is 322 g/mol. The minimum Gasteiger partial charge on any atom is -0.490 e. The van der Waals surface area contributed by atoms with Crippen molar-refractivity contribution >= 4 is 10.8 Å². The maximum absolute atomic E-state index is 10.4. The molecule has 1 fully saturated rings. The van der Waals surface area contributed by atoms with Crippen LogP contribution in [0.15, 0.2) is 72.8 Å². The molecule has 1 saturated heterocycles. The number of fused-ring (bicyclic) bond motifs is 1. The van der Waals surface area contributed by atoms with E-state index >= 15 is 0 Å². The van der Waals surface area contributed by atoms with Crippen LogP contribution in [0.25, 0.3) is 10.8 Å². The number of aliphatic hydroxyl groups is 1. The van der Waals surface area contributed by atoms with Crippen molar-refractivity contribution in [1.29, 1.82) is 0 Å². The molecule has 3 aromatic rings. The SMILES string of the molecule is O[C@H](COc1cccc2ccccc12)CN1CC[C@@H](c2ccccc2)C1. The number of rotatable bonds is 6. The third-order valence-corrected chi connectivity index (χ3v) is 5.19. The van der Waals surface area contributed by atoms with Crippen LogP contribution in [0.4, 0.5) is 0 Å². The molecule has 4 rings (SSSR count). The third-order valence-electron chi connectivity index (χ3n) is 5.19. The van der Waals surface area contributed by atoms with E-state index in [9.17, 15) is 5.11 Å². The van der Waals surface area contributed by atoms with E-state index in [4.69, 9.17) is 4.74 Å². The summed E-state index contributed by atoms with van der Waals surface area (Å²) in [6, 6.07) is 24.9. The monoisotopic (exact) mass is 347 g/mol. The Bertz CT molecular complexity index is 844. The van der Waals surface area contributed by atoms with Gasteiger partial charge in [0, 0.05) is 18.5 Å². The summed E-state index contributed by atoms with van der Waals surface area (Å²) in [4.78, 5) is 2.34. The van der Waals surface area contributed by atoms with Gasteiger partial charge in [0.05, 0.1) is 0 Å². The van der Waals surface area contributed by atoms with Crippen LogP contribution in [-0.2, 0) is 0 Å². The summed E-state index contributed by atoms with van der Waals surface area (Å²) in [7, 11) is 0. The van der Waals surface area contributed by atoms with Gasteiger partial charge in [0.25, 0.3) is 0 Å². The van der Waals surface area contributed by atoms with Gasteiger partial charge >= 0.3 is 0 Å². The molecule has 134 valence electrons. The van der Waals surface area contributed by atoms with Crippen LogP contribution in [0.1, 0.15) is 17.9 Å². The molecule has 0 amide bonds. The lowest BCUT2D eigenvalue weighted by atomic mass is 9.99. The number of β-amino-alcohol motifs (C(OH)–C–C–N with tert-alkyl or cyclic N) is 1. The first kappa shape index (κ1) is 17.1. The molecule has 26 heavy (non-hydrogen) atoms. The molecule has 3 heteroatoms. The highest BCUT2D eigenvalue weighted by molar-refractivity contribution is 5.88. The van der Waals surface area contributed by atoms with E-state index < -0.39 is 6.10 Å². The Balaban J connectivity index is 1.31. The summed E-state index contributed by atoms with van der Waals surface area (Å²) in [5.41, 5.74) is 1.40. The zero-order chi connectivity index (χ0) is 17.8. The molecule has 2 atom stereocenters. The first-order valence-electron chi connectivity index (χ1n) is 9.35. The lowest BCUT2D eigenvalue weighted by molar-refractivity contribution is 0.0760. The quantitative estimate of drug-likeness (QED) is 0.730. The number of aliphatic hydroxyl groups excluding tert-OH is 1. The average Bonchev–Trinajstić information content (AvgIpc) is 3.15. The van der Waals surface area contributed by atoms with Gasteiger partial charge in [-0.15, -0.1) is 0 Å². The molecule has 0 bridgehead atoms. The van der Waals surface area contributed by atoms with E-state index in [-0.39, 0.29) is 0 Å². The first-order chi connectivity index (χ1) is 12.8. The number of hydrogen-bond acceptors (Lipinski definition) is 3. The number of ether oxygens (including phenoxy) is 1. The molecule has 3 aromatic carbocycles. The minimum atomic E-state index is -0.483. The third kappa shape index (κ3) is 3.90. The van der Waals surface area contributed by atoms with Gasteiger partial charge in [0.15, 0.2) is 0 Å². The molecule has 1 heterocycles. The van der Waals surface area contributed by atoms with Gasteiger partial charge in [-0.1, -0.05) is 66.7 Å². The number of likely N-dealkylation sites (tertiary alicyclic amines) is 1. The fourth-order valence-electron chi connectivity index (χ4n) is 3.85. The standard InChI is InChI=1S/C23H25NO2/c25-21(16-24-14-13-20(15-24)18-7-2-1-3-8-18)17-26-23-12-6-10-19-9-4-5-11-22(19)23/h1-12,20-21,25H,13-17H2/t20-,21+/m1/s1. The Labute approximate surface area is 154 Å². The molecule has 1 aliphatic heterocycles. The van der Waals surface area contributed by atoms with E-state index in [1.807, 2.05) is 24.3 Å². The Morgan fingerprint density at radius 2 is 1.73 bits per heavy atom. The van der Waals surface area contributed by atoms with Crippen LogP contribution in [0.5, 0.6) is 5.75 Å².